The second-order valence-corrected chi connectivity index (χ2v) is 9.01. The molecule has 0 saturated carbocycles. The Morgan fingerprint density at radius 3 is 2.66 bits per heavy atom. The van der Waals surface area contributed by atoms with Crippen LogP contribution in [0.2, 0.25) is 0 Å². The lowest BCUT2D eigenvalue weighted by Gasteiger charge is -2.30. The van der Waals surface area contributed by atoms with Gasteiger partial charge in [0.2, 0.25) is 17.7 Å². The highest BCUT2D eigenvalue weighted by atomic mass is 16.6. The molecule has 0 spiro atoms. The minimum atomic E-state index is -0.988. The summed E-state index contributed by atoms with van der Waals surface area (Å²) in [5.41, 5.74) is 4.78. The van der Waals surface area contributed by atoms with E-state index >= 15 is 0 Å². The molecule has 0 aliphatic carbocycles. The first-order valence-corrected chi connectivity index (χ1v) is 10.0. The number of carbonyl (C=O) groups is 4. The van der Waals surface area contributed by atoms with Crippen molar-refractivity contribution in [3.05, 3.63) is 0 Å². The Morgan fingerprint density at radius 2 is 2.07 bits per heavy atom. The summed E-state index contributed by atoms with van der Waals surface area (Å²) < 4.78 is 11.0. The number of nitrogens with two attached hydrogens (primary N) is 1. The first kappa shape index (κ1) is 21.4. The number of primary amides is 1. The molecule has 3 heterocycles. The van der Waals surface area contributed by atoms with Crippen LogP contribution in [0.5, 0.6) is 0 Å². The van der Waals surface area contributed by atoms with Crippen molar-refractivity contribution in [3.8, 4) is 0 Å². The van der Waals surface area contributed by atoms with E-state index in [0.29, 0.717) is 32.7 Å². The molecule has 0 aromatic heterocycles. The number of hydrogen-bond donors (Lipinski definition) is 3. The van der Waals surface area contributed by atoms with Gasteiger partial charge in [-0.2, -0.15) is 0 Å². The van der Waals surface area contributed by atoms with Crippen LogP contribution in [0, 0.1) is 17.8 Å². The van der Waals surface area contributed by atoms with Crippen LogP contribution in [0.4, 0.5) is 4.79 Å². The molecule has 5 atom stereocenters. The van der Waals surface area contributed by atoms with Crippen LogP contribution in [0.25, 0.3) is 0 Å². The topological polar surface area (TPSA) is 140 Å². The van der Waals surface area contributed by atoms with Gasteiger partial charge < -0.3 is 25.8 Å². The predicted molar refractivity (Wildman–Crippen MR) is 101 cm³/mol. The zero-order valence-electron chi connectivity index (χ0n) is 17.1. The standard InChI is InChI=1S/C19H30N4O6/c1-19(2,3)29-18(27)23-7-11-8-28-9-12(11)14(23)17(26)22-13(15(20)24)6-10-4-5-21-16(10)25/h10-14H,4-9H2,1-3H3,(H2,20,24)(H,21,25)(H,22,26)/t10-,11+,12?,13-,14?/m0/s1. The highest BCUT2D eigenvalue weighted by Gasteiger charge is 2.51. The van der Waals surface area contributed by atoms with Crippen LogP contribution in [0.15, 0.2) is 0 Å². The van der Waals surface area contributed by atoms with Crippen LogP contribution in [0.3, 0.4) is 0 Å². The Hall–Kier alpha value is -2.36. The van der Waals surface area contributed by atoms with Gasteiger partial charge in [-0.1, -0.05) is 0 Å². The predicted octanol–water partition coefficient (Wildman–Crippen LogP) is -0.635. The zero-order chi connectivity index (χ0) is 21.3. The lowest BCUT2D eigenvalue weighted by atomic mass is 9.92. The van der Waals surface area contributed by atoms with Gasteiger partial charge in [-0.3, -0.25) is 19.3 Å². The van der Waals surface area contributed by atoms with E-state index in [1.54, 1.807) is 20.8 Å². The van der Waals surface area contributed by atoms with E-state index in [4.69, 9.17) is 15.2 Å². The van der Waals surface area contributed by atoms with Crippen molar-refractivity contribution in [2.45, 2.75) is 51.3 Å². The minimum absolute atomic E-state index is 0.0332. The Morgan fingerprint density at radius 1 is 1.34 bits per heavy atom. The van der Waals surface area contributed by atoms with Gasteiger partial charge in [0.05, 0.1) is 13.2 Å². The number of nitrogens with zero attached hydrogens (tertiary/aromatic N) is 1. The first-order chi connectivity index (χ1) is 13.6. The Balaban J connectivity index is 1.73. The summed E-state index contributed by atoms with van der Waals surface area (Å²) in [5, 5.41) is 5.37. The van der Waals surface area contributed by atoms with Gasteiger partial charge in [0.25, 0.3) is 0 Å². The smallest absolute Gasteiger partial charge is 0.410 e. The molecule has 0 aromatic rings. The molecule has 4 amide bonds. The summed E-state index contributed by atoms with van der Waals surface area (Å²) in [4.78, 5) is 51.0. The van der Waals surface area contributed by atoms with Crippen LogP contribution in [0.1, 0.15) is 33.6 Å². The molecule has 162 valence electrons. The molecule has 3 saturated heterocycles. The van der Waals surface area contributed by atoms with E-state index in [1.165, 1.54) is 4.90 Å². The fourth-order valence-corrected chi connectivity index (χ4v) is 4.25. The lowest BCUT2D eigenvalue weighted by Crippen LogP contribution is -2.55. The maximum atomic E-state index is 13.1. The van der Waals surface area contributed by atoms with Gasteiger partial charge in [0, 0.05) is 30.8 Å². The van der Waals surface area contributed by atoms with Crippen molar-refractivity contribution in [1.29, 1.82) is 0 Å². The molecule has 0 bridgehead atoms. The number of carbonyl (C=O) groups excluding carboxylic acids is 4. The van der Waals surface area contributed by atoms with Gasteiger partial charge in [0.15, 0.2) is 0 Å². The molecule has 3 rings (SSSR count). The second kappa shape index (κ2) is 8.17. The van der Waals surface area contributed by atoms with Crippen LogP contribution < -0.4 is 16.4 Å². The number of hydrogen-bond acceptors (Lipinski definition) is 6. The maximum absolute atomic E-state index is 13.1. The van der Waals surface area contributed by atoms with Gasteiger partial charge in [0.1, 0.15) is 17.7 Å². The highest BCUT2D eigenvalue weighted by Crippen LogP contribution is 2.36. The molecule has 4 N–H and O–H groups in total. The van der Waals surface area contributed by atoms with Crippen LogP contribution >= 0.6 is 0 Å². The third-order valence-electron chi connectivity index (χ3n) is 5.66. The number of amides is 4. The lowest BCUT2D eigenvalue weighted by molar-refractivity contribution is -0.132. The summed E-state index contributed by atoms with van der Waals surface area (Å²) >= 11 is 0. The largest absolute Gasteiger partial charge is 0.444 e. The fourth-order valence-electron chi connectivity index (χ4n) is 4.25. The molecular weight excluding hydrogens is 380 g/mol. The molecule has 10 nitrogen and oxygen atoms in total. The average Bonchev–Trinajstić information content (AvgIpc) is 3.28. The van der Waals surface area contributed by atoms with E-state index in [9.17, 15) is 19.2 Å². The molecule has 0 aromatic carbocycles. The number of likely N-dealkylation sites (tertiary alicyclic amines) is 1. The SMILES string of the molecule is CC(C)(C)OC(=O)N1C[C@@H]2COCC2C1C(=O)N[C@@H](C[C@@H]1CCNC1=O)C(N)=O. The van der Waals surface area contributed by atoms with Gasteiger partial charge >= 0.3 is 6.09 Å². The molecule has 3 aliphatic rings. The van der Waals surface area contributed by atoms with Crippen molar-refractivity contribution < 1.29 is 28.7 Å². The third kappa shape index (κ3) is 4.80. The molecular formula is C19H30N4O6. The number of fused-ring (bicyclic) bond motifs is 1. The maximum Gasteiger partial charge on any atom is 0.410 e. The van der Waals surface area contributed by atoms with Crippen molar-refractivity contribution in [2.24, 2.45) is 23.5 Å². The summed E-state index contributed by atoms with van der Waals surface area (Å²) in [7, 11) is 0. The summed E-state index contributed by atoms with van der Waals surface area (Å²) in [6.45, 7) is 6.99. The third-order valence-corrected chi connectivity index (χ3v) is 5.66. The Bertz CT molecular complexity index is 691. The number of nitrogens with one attached hydrogen (secondary N) is 2. The molecule has 10 heteroatoms. The summed E-state index contributed by atoms with van der Waals surface area (Å²) in [5.74, 6) is -1.85. The molecule has 29 heavy (non-hydrogen) atoms. The quantitative estimate of drug-likeness (QED) is 0.551. The van der Waals surface area contributed by atoms with E-state index in [0.717, 1.165) is 0 Å². The molecule has 2 unspecified atom stereocenters. The number of rotatable bonds is 5. The molecule has 3 fully saturated rings. The highest BCUT2D eigenvalue weighted by molar-refractivity contribution is 5.92. The van der Waals surface area contributed by atoms with E-state index in [2.05, 4.69) is 10.6 Å². The van der Waals surface area contributed by atoms with E-state index in [1.807, 2.05) is 0 Å². The average molecular weight is 410 g/mol. The summed E-state index contributed by atoms with van der Waals surface area (Å²) in [6.07, 6.45) is 0.152. The van der Waals surface area contributed by atoms with Gasteiger partial charge in [-0.05, 0) is 33.6 Å². The molecule has 3 aliphatic heterocycles. The van der Waals surface area contributed by atoms with Crippen molar-refractivity contribution in [2.75, 3.05) is 26.3 Å². The fraction of sp³-hybridized carbons (Fsp3) is 0.789. The van der Waals surface area contributed by atoms with Gasteiger partial charge in [-0.15, -0.1) is 0 Å². The van der Waals surface area contributed by atoms with E-state index in [-0.39, 0.29) is 30.1 Å². The Kier molecular flexibility index (Phi) is 6.02. The molecule has 0 radical (unpaired) electrons. The van der Waals surface area contributed by atoms with Crippen molar-refractivity contribution in [3.63, 3.8) is 0 Å². The van der Waals surface area contributed by atoms with Crippen LogP contribution in [-0.4, -0.2) is 72.7 Å². The van der Waals surface area contributed by atoms with Crippen molar-refractivity contribution in [1.82, 2.24) is 15.5 Å². The Labute approximate surface area is 169 Å². The van der Waals surface area contributed by atoms with E-state index < -0.39 is 35.6 Å². The first-order valence-electron chi connectivity index (χ1n) is 10.0. The number of ether oxygens (including phenoxy) is 2. The second-order valence-electron chi connectivity index (χ2n) is 9.01. The zero-order valence-corrected chi connectivity index (χ0v) is 17.1. The van der Waals surface area contributed by atoms with Crippen LogP contribution in [-0.2, 0) is 23.9 Å². The van der Waals surface area contributed by atoms with Crippen molar-refractivity contribution >= 4 is 23.8 Å². The monoisotopic (exact) mass is 410 g/mol. The normalized spacial score (nSPS) is 29.9. The van der Waals surface area contributed by atoms with Gasteiger partial charge in [-0.25, -0.2) is 4.79 Å². The summed E-state index contributed by atoms with van der Waals surface area (Å²) in [6, 6.07) is -1.80. The minimum Gasteiger partial charge on any atom is -0.444 e.